The summed E-state index contributed by atoms with van der Waals surface area (Å²) in [5.74, 6) is 1.42. The molecule has 0 spiro atoms. The second-order valence-electron chi connectivity index (χ2n) is 4.64. The van der Waals surface area contributed by atoms with Gasteiger partial charge in [0.15, 0.2) is 4.67 Å². The van der Waals surface area contributed by atoms with Crippen LogP contribution in [-0.2, 0) is 12.8 Å². The number of fused-ring (bicyclic) bond motifs is 1. The molecule has 0 saturated heterocycles. The summed E-state index contributed by atoms with van der Waals surface area (Å²) in [6.07, 6.45) is 0.657. The van der Waals surface area contributed by atoms with Crippen molar-refractivity contribution in [3.8, 4) is 5.75 Å². The highest BCUT2D eigenvalue weighted by Crippen LogP contribution is 2.37. The van der Waals surface area contributed by atoms with Crippen molar-refractivity contribution < 1.29 is 14.3 Å². The number of ether oxygens (including phenoxy) is 1. The third-order valence-corrected chi connectivity index (χ3v) is 5.40. The van der Waals surface area contributed by atoms with Crippen molar-refractivity contribution in [1.82, 2.24) is 0 Å². The van der Waals surface area contributed by atoms with E-state index in [-0.39, 0.29) is 0 Å². The van der Waals surface area contributed by atoms with Gasteiger partial charge in [0.2, 0.25) is 0 Å². The molecule has 2 heterocycles. The molecular weight excluding hydrogens is 456 g/mol. The number of rotatable bonds is 3. The number of hydrogen-bond donors (Lipinski definition) is 1. The molecule has 2 aromatic rings. The highest BCUT2D eigenvalue weighted by Gasteiger charge is 2.22. The van der Waals surface area contributed by atoms with E-state index in [4.69, 9.17) is 9.15 Å². The highest BCUT2D eigenvalue weighted by molar-refractivity contribution is 9.13. The van der Waals surface area contributed by atoms with Crippen LogP contribution in [0.15, 0.2) is 36.2 Å². The van der Waals surface area contributed by atoms with E-state index in [2.05, 4.69) is 53.9 Å². The number of benzene rings is 1. The van der Waals surface area contributed by atoms with Crippen LogP contribution < -0.4 is 4.74 Å². The first-order valence-corrected chi connectivity index (χ1v) is 8.49. The lowest BCUT2D eigenvalue weighted by molar-refractivity contribution is 0.147. The van der Waals surface area contributed by atoms with Crippen LogP contribution >= 0.6 is 47.8 Å². The fourth-order valence-electron chi connectivity index (χ4n) is 2.33. The maximum atomic E-state index is 10.3. The zero-order valence-corrected chi connectivity index (χ0v) is 15.1. The summed E-state index contributed by atoms with van der Waals surface area (Å²) in [6.45, 7) is 0.701. The van der Waals surface area contributed by atoms with Gasteiger partial charge in [-0.15, -0.1) is 0 Å². The monoisotopic (exact) mass is 464 g/mol. The minimum absolute atomic E-state index is 0.453. The average Bonchev–Trinajstić information content (AvgIpc) is 2.97. The van der Waals surface area contributed by atoms with Crippen LogP contribution in [0, 0.1) is 0 Å². The Morgan fingerprint density at radius 1 is 1.20 bits per heavy atom. The van der Waals surface area contributed by atoms with Crippen LogP contribution in [0.3, 0.4) is 0 Å². The van der Waals surface area contributed by atoms with E-state index in [1.807, 2.05) is 6.07 Å². The van der Waals surface area contributed by atoms with Crippen molar-refractivity contribution in [3.05, 3.63) is 48.7 Å². The van der Waals surface area contributed by atoms with Crippen molar-refractivity contribution in [2.45, 2.75) is 18.9 Å². The molecule has 1 aromatic carbocycles. The van der Waals surface area contributed by atoms with E-state index in [9.17, 15) is 5.11 Å². The molecule has 0 fully saturated rings. The van der Waals surface area contributed by atoms with Gasteiger partial charge >= 0.3 is 0 Å². The molecule has 1 aliphatic heterocycles. The quantitative estimate of drug-likeness (QED) is 0.708. The smallest absolute Gasteiger partial charge is 0.183 e. The molecule has 0 saturated carbocycles. The molecule has 1 N–H and O–H groups in total. The van der Waals surface area contributed by atoms with Crippen LogP contribution in [0.4, 0.5) is 0 Å². The predicted molar refractivity (Wildman–Crippen MR) is 86.1 cm³/mol. The molecule has 20 heavy (non-hydrogen) atoms. The Morgan fingerprint density at radius 2 is 2.00 bits per heavy atom. The van der Waals surface area contributed by atoms with E-state index in [0.29, 0.717) is 23.5 Å². The van der Waals surface area contributed by atoms with E-state index < -0.39 is 6.10 Å². The number of hydrogen-bond acceptors (Lipinski definition) is 3. The maximum Gasteiger partial charge on any atom is 0.183 e. The van der Waals surface area contributed by atoms with E-state index in [0.717, 1.165) is 26.7 Å². The zero-order valence-electron chi connectivity index (χ0n) is 10.3. The van der Waals surface area contributed by atoms with Crippen LogP contribution in [0.1, 0.15) is 23.0 Å². The molecule has 1 unspecified atom stereocenters. The van der Waals surface area contributed by atoms with Gasteiger partial charge in [0.05, 0.1) is 11.1 Å². The summed E-state index contributed by atoms with van der Waals surface area (Å²) in [6, 6.07) is 5.83. The lowest BCUT2D eigenvalue weighted by Crippen LogP contribution is -2.02. The van der Waals surface area contributed by atoms with Crippen LogP contribution in [0.25, 0.3) is 0 Å². The Bertz CT molecular complexity index is 632. The Kier molecular flexibility index (Phi) is 4.26. The summed E-state index contributed by atoms with van der Waals surface area (Å²) in [5.41, 5.74) is 2.17. The number of aliphatic hydroxyl groups is 1. The van der Waals surface area contributed by atoms with Crippen LogP contribution in [0.5, 0.6) is 5.75 Å². The van der Waals surface area contributed by atoms with E-state index in [1.165, 1.54) is 5.56 Å². The Balaban J connectivity index is 1.88. The Hall–Kier alpha value is -0.300. The number of halogens is 3. The molecule has 1 atom stereocenters. The lowest BCUT2D eigenvalue weighted by Gasteiger charge is -2.12. The molecule has 3 rings (SSSR count). The van der Waals surface area contributed by atoms with Gasteiger partial charge in [-0.2, -0.15) is 0 Å². The first-order valence-electron chi connectivity index (χ1n) is 6.11. The Labute approximate surface area is 141 Å². The van der Waals surface area contributed by atoms with Gasteiger partial charge in [0.1, 0.15) is 17.6 Å². The van der Waals surface area contributed by atoms with Gasteiger partial charge in [-0.3, -0.25) is 0 Å². The van der Waals surface area contributed by atoms with Crippen molar-refractivity contribution in [3.63, 3.8) is 0 Å². The van der Waals surface area contributed by atoms with Crippen LogP contribution in [-0.4, -0.2) is 11.7 Å². The van der Waals surface area contributed by atoms with E-state index in [1.54, 1.807) is 6.07 Å². The summed E-state index contributed by atoms with van der Waals surface area (Å²) in [5, 5.41) is 10.3. The average molecular weight is 467 g/mol. The molecule has 1 aliphatic rings. The topological polar surface area (TPSA) is 42.6 Å². The molecule has 106 valence electrons. The van der Waals surface area contributed by atoms with Gasteiger partial charge in [-0.1, -0.05) is 15.9 Å². The standard InChI is InChI=1S/C14H11Br3O3/c15-9-3-7-1-2-19-13(7)8(4-9)5-11(18)12-6-10(16)14(17)20-12/h3-4,6,11,18H,1-2,5H2. The fraction of sp³-hybridized carbons (Fsp3) is 0.286. The summed E-state index contributed by atoms with van der Waals surface area (Å²) < 4.78 is 13.5. The maximum absolute atomic E-state index is 10.3. The molecule has 3 nitrogen and oxygen atoms in total. The van der Waals surface area contributed by atoms with Gasteiger partial charge in [0.25, 0.3) is 0 Å². The molecule has 0 aliphatic carbocycles. The minimum atomic E-state index is -0.708. The second-order valence-corrected chi connectivity index (χ2v) is 7.13. The van der Waals surface area contributed by atoms with Crippen molar-refractivity contribution in [2.75, 3.05) is 6.61 Å². The van der Waals surface area contributed by atoms with Crippen LogP contribution in [0.2, 0.25) is 0 Å². The molecule has 0 bridgehead atoms. The highest BCUT2D eigenvalue weighted by atomic mass is 79.9. The molecule has 0 radical (unpaired) electrons. The molecule has 1 aromatic heterocycles. The van der Waals surface area contributed by atoms with Gasteiger partial charge in [-0.25, -0.2) is 0 Å². The van der Waals surface area contributed by atoms with Crippen molar-refractivity contribution >= 4 is 47.8 Å². The third kappa shape index (κ3) is 2.84. The largest absolute Gasteiger partial charge is 0.493 e. The third-order valence-electron chi connectivity index (χ3n) is 3.23. The fourth-order valence-corrected chi connectivity index (χ4v) is 3.49. The number of aliphatic hydroxyl groups excluding tert-OH is 1. The molecular formula is C14H11Br3O3. The molecule has 0 amide bonds. The summed E-state index contributed by atoms with van der Waals surface area (Å²) in [4.78, 5) is 0. The lowest BCUT2D eigenvalue weighted by atomic mass is 10.0. The van der Waals surface area contributed by atoms with Gasteiger partial charge in [0, 0.05) is 17.3 Å². The predicted octanol–water partition coefficient (Wildman–Crippen LogP) is 4.78. The second kappa shape index (κ2) is 5.83. The summed E-state index contributed by atoms with van der Waals surface area (Å²) in [7, 11) is 0. The molecule has 6 heteroatoms. The van der Waals surface area contributed by atoms with Crippen molar-refractivity contribution in [1.29, 1.82) is 0 Å². The first-order chi connectivity index (χ1) is 9.54. The number of furan rings is 1. The zero-order chi connectivity index (χ0) is 14.3. The van der Waals surface area contributed by atoms with Gasteiger partial charge in [-0.05, 0) is 61.2 Å². The van der Waals surface area contributed by atoms with Gasteiger partial charge < -0.3 is 14.3 Å². The first kappa shape index (κ1) is 14.6. The minimum Gasteiger partial charge on any atom is -0.493 e. The van der Waals surface area contributed by atoms with Crippen molar-refractivity contribution in [2.24, 2.45) is 0 Å². The SMILES string of the molecule is OC(Cc1cc(Br)cc2c1OCC2)c1cc(Br)c(Br)o1. The summed E-state index contributed by atoms with van der Waals surface area (Å²) >= 11 is 10.1. The van der Waals surface area contributed by atoms with E-state index >= 15 is 0 Å². The normalized spacial score (nSPS) is 15.0. The Morgan fingerprint density at radius 3 is 2.70 bits per heavy atom.